The second-order valence-corrected chi connectivity index (χ2v) is 24.6. The molecule has 0 N–H and O–H groups in total. The quantitative estimate of drug-likeness (QED) is 0.0849. The maximum atomic E-state index is 16.0. The maximum Gasteiger partial charge on any atom is 0.128 e. The summed E-state index contributed by atoms with van der Waals surface area (Å²) in [5, 5.41) is 0. The zero-order valence-electron chi connectivity index (χ0n) is 52.7. The molecule has 2 atom stereocenters. The highest BCUT2D eigenvalue weighted by Crippen LogP contribution is 2.60. The normalized spacial score (nSPS) is 15.0. The van der Waals surface area contributed by atoms with E-state index in [0.29, 0.717) is 35.7 Å². The number of aryl methyl sites for hydroxylation is 6. The first-order valence-corrected chi connectivity index (χ1v) is 31.5. The molecule has 6 heteroatoms. The highest BCUT2D eigenvalue weighted by atomic mass is 19.1. The molecular weight excluding hydrogens is 1130 g/mol. The molecule has 0 bridgehead atoms. The number of benzene rings is 12. The fourth-order valence-corrected chi connectivity index (χ4v) is 14.5. The van der Waals surface area contributed by atoms with Gasteiger partial charge >= 0.3 is 0 Å². The summed E-state index contributed by atoms with van der Waals surface area (Å²) >= 11 is 0. The average molecular weight is 1200 g/mol. The molecule has 450 valence electrons. The molecule has 0 radical (unpaired) electrons. The Hall–Kier alpha value is -10.8. The lowest BCUT2D eigenvalue weighted by molar-refractivity contribution is 0.363. The molecule has 0 saturated heterocycles. The van der Waals surface area contributed by atoms with Crippen molar-refractivity contribution in [1.82, 2.24) is 0 Å². The topological polar surface area (TPSA) is 24.9 Å². The molecule has 0 heterocycles. The Bertz CT molecular complexity index is 4530. The standard InChI is InChI=1S/C86H70F2N2O2/c1-9-47-91-71-41-29-63(30-42-71)85(79-49-55(3)19-21-57(79)5)77-17-13-11-15-73(77)75-45-39-67(51-81(75)85)89(69-33-23-59(7)83(87)53-69)65-35-25-61(26-36-65)62-27-37-66(38-28-62)90(70-34-24-60(8)84(88)54-70)68-40-46-76-74-16-12-14-18-78(74)86(82(76)52-68,80-50-56(4)20-22-58(80)6)64-31-43-72(44-32-64)92-48-10-2/h9-46,49-54H,1-2,47-48H2,3-8H3. The predicted octanol–water partition coefficient (Wildman–Crippen LogP) is 22.3. The Morgan fingerprint density at radius 3 is 1.04 bits per heavy atom. The molecule has 0 aliphatic heterocycles. The molecule has 2 unspecified atom stereocenters. The van der Waals surface area contributed by atoms with Crippen molar-refractivity contribution in [3.8, 4) is 44.9 Å². The third-order valence-corrected chi connectivity index (χ3v) is 18.9. The largest absolute Gasteiger partial charge is 0.490 e. The Kier molecular flexibility index (Phi) is 15.3. The molecule has 2 aliphatic rings. The third-order valence-electron chi connectivity index (χ3n) is 18.9. The van der Waals surface area contributed by atoms with Crippen molar-refractivity contribution in [1.29, 1.82) is 0 Å². The van der Waals surface area contributed by atoms with Crippen molar-refractivity contribution in [2.24, 2.45) is 0 Å². The summed E-state index contributed by atoms with van der Waals surface area (Å²) in [7, 11) is 0. The van der Waals surface area contributed by atoms with Crippen LogP contribution < -0.4 is 19.3 Å². The smallest absolute Gasteiger partial charge is 0.128 e. The molecule has 0 saturated carbocycles. The van der Waals surface area contributed by atoms with Crippen LogP contribution in [0.1, 0.15) is 77.9 Å². The zero-order chi connectivity index (χ0) is 63.4. The van der Waals surface area contributed by atoms with Gasteiger partial charge in [0, 0.05) is 34.1 Å². The number of hydrogen-bond acceptors (Lipinski definition) is 4. The van der Waals surface area contributed by atoms with Gasteiger partial charge in [-0.3, -0.25) is 0 Å². The number of rotatable bonds is 17. The first-order valence-electron chi connectivity index (χ1n) is 31.5. The van der Waals surface area contributed by atoms with Gasteiger partial charge in [0.05, 0.1) is 10.8 Å². The van der Waals surface area contributed by atoms with Crippen LogP contribution in [0, 0.1) is 53.2 Å². The van der Waals surface area contributed by atoms with E-state index in [-0.39, 0.29) is 11.6 Å². The van der Waals surface area contributed by atoms with Gasteiger partial charge in [0.15, 0.2) is 0 Å². The van der Waals surface area contributed by atoms with Gasteiger partial charge < -0.3 is 19.3 Å². The van der Waals surface area contributed by atoms with E-state index in [2.05, 4.69) is 269 Å². The lowest BCUT2D eigenvalue weighted by Gasteiger charge is -2.36. The van der Waals surface area contributed by atoms with Crippen molar-refractivity contribution in [2.45, 2.75) is 52.4 Å². The molecule has 14 rings (SSSR count). The minimum absolute atomic E-state index is 0.283. The Morgan fingerprint density at radius 2 is 0.663 bits per heavy atom. The van der Waals surface area contributed by atoms with Gasteiger partial charge in [0.1, 0.15) is 36.3 Å². The molecule has 2 aliphatic carbocycles. The first-order chi connectivity index (χ1) is 44.8. The molecule has 0 fully saturated rings. The summed E-state index contributed by atoms with van der Waals surface area (Å²) in [6, 6.07) is 89.5. The lowest BCUT2D eigenvalue weighted by atomic mass is 9.66. The number of nitrogens with zero attached hydrogens (tertiary/aromatic N) is 2. The van der Waals surface area contributed by atoms with E-state index >= 15 is 8.78 Å². The number of ether oxygens (including phenoxy) is 2. The van der Waals surface area contributed by atoms with Crippen molar-refractivity contribution in [3.05, 3.63) is 370 Å². The van der Waals surface area contributed by atoms with E-state index < -0.39 is 10.8 Å². The fourth-order valence-electron chi connectivity index (χ4n) is 14.5. The van der Waals surface area contributed by atoms with Gasteiger partial charge in [0.25, 0.3) is 0 Å². The van der Waals surface area contributed by atoms with Crippen LogP contribution in [0.2, 0.25) is 0 Å². The summed E-state index contributed by atoms with van der Waals surface area (Å²) in [4.78, 5) is 4.32. The van der Waals surface area contributed by atoms with Crippen molar-refractivity contribution >= 4 is 34.1 Å². The second-order valence-electron chi connectivity index (χ2n) is 24.6. The molecule has 0 aromatic heterocycles. The number of fused-ring (bicyclic) bond motifs is 6. The van der Waals surface area contributed by atoms with E-state index in [9.17, 15) is 0 Å². The van der Waals surface area contributed by atoms with Crippen LogP contribution in [0.5, 0.6) is 11.5 Å². The minimum atomic E-state index is -0.718. The SMILES string of the molecule is C=CCOc1ccc(C2(c3cc(C)ccc3C)c3ccccc3-c3ccc(N(c4ccc(-c5ccc(N(c6ccc(C)c(F)c6)c6ccc7c(c6)C(c6ccc(OCC=C)cc6)(c6cc(C)ccc6C)c6ccccc6-7)cc5)cc4)c4ccc(C)c(F)c4)cc32)cc1. The van der Waals surface area contributed by atoms with E-state index in [0.717, 1.165) is 78.8 Å². The number of halogens is 2. The van der Waals surface area contributed by atoms with Crippen molar-refractivity contribution in [2.75, 3.05) is 23.0 Å². The van der Waals surface area contributed by atoms with E-state index in [1.54, 1.807) is 38.1 Å². The third kappa shape index (κ3) is 9.89. The van der Waals surface area contributed by atoms with E-state index in [1.165, 1.54) is 55.6 Å². The van der Waals surface area contributed by atoms with Gasteiger partial charge in [-0.2, -0.15) is 0 Å². The summed E-state index contributed by atoms with van der Waals surface area (Å²) in [5.41, 5.74) is 25.2. The van der Waals surface area contributed by atoms with Gasteiger partial charge in [-0.15, -0.1) is 0 Å². The van der Waals surface area contributed by atoms with Gasteiger partial charge in [-0.05, 0) is 239 Å². The van der Waals surface area contributed by atoms with Crippen LogP contribution in [0.15, 0.2) is 280 Å². The molecular formula is C86H70F2N2O2. The first kappa shape index (κ1) is 58.8. The molecule has 4 nitrogen and oxygen atoms in total. The van der Waals surface area contributed by atoms with Crippen molar-refractivity contribution in [3.63, 3.8) is 0 Å². The average Bonchev–Trinajstić information content (AvgIpc) is 1.52. The fraction of sp³-hybridized carbons (Fsp3) is 0.116. The number of hydrogen-bond donors (Lipinski definition) is 0. The highest BCUT2D eigenvalue weighted by molar-refractivity contribution is 5.92. The Labute approximate surface area is 539 Å². The van der Waals surface area contributed by atoms with Gasteiger partial charge in [-0.1, -0.05) is 194 Å². The van der Waals surface area contributed by atoms with E-state index in [1.807, 2.05) is 24.3 Å². The maximum absolute atomic E-state index is 16.0. The summed E-state index contributed by atoms with van der Waals surface area (Å²) in [6.07, 6.45) is 3.52. The Balaban J connectivity index is 0.873. The van der Waals surface area contributed by atoms with E-state index in [4.69, 9.17) is 9.47 Å². The van der Waals surface area contributed by atoms with Gasteiger partial charge in [0.2, 0.25) is 0 Å². The molecule has 0 spiro atoms. The molecule has 92 heavy (non-hydrogen) atoms. The van der Waals surface area contributed by atoms with Crippen LogP contribution in [0.4, 0.5) is 42.9 Å². The molecule has 12 aromatic carbocycles. The van der Waals surface area contributed by atoms with Gasteiger partial charge in [-0.25, -0.2) is 8.78 Å². The second kappa shape index (κ2) is 23.8. The van der Waals surface area contributed by atoms with Crippen LogP contribution in [0.25, 0.3) is 33.4 Å². The van der Waals surface area contributed by atoms with Crippen LogP contribution in [0.3, 0.4) is 0 Å². The summed E-state index contributed by atoms with van der Waals surface area (Å²) in [5.74, 6) is 0.972. The minimum Gasteiger partial charge on any atom is -0.490 e. The Morgan fingerprint density at radius 1 is 0.326 bits per heavy atom. The molecule has 0 amide bonds. The monoisotopic (exact) mass is 1200 g/mol. The predicted molar refractivity (Wildman–Crippen MR) is 376 cm³/mol. The highest BCUT2D eigenvalue weighted by Gasteiger charge is 2.49. The summed E-state index contributed by atoms with van der Waals surface area (Å²) in [6.45, 7) is 20.9. The molecule has 12 aromatic rings. The van der Waals surface area contributed by atoms with Crippen LogP contribution >= 0.6 is 0 Å². The van der Waals surface area contributed by atoms with Crippen molar-refractivity contribution < 1.29 is 18.3 Å². The summed E-state index contributed by atoms with van der Waals surface area (Å²) < 4.78 is 44.2. The zero-order valence-corrected chi connectivity index (χ0v) is 52.7. The number of anilines is 6. The van der Waals surface area contributed by atoms with Crippen LogP contribution in [-0.4, -0.2) is 13.2 Å². The van der Waals surface area contributed by atoms with Crippen LogP contribution in [-0.2, 0) is 10.8 Å². The lowest BCUT2D eigenvalue weighted by Crippen LogP contribution is -2.30.